The van der Waals surface area contributed by atoms with Crippen LogP contribution in [0.1, 0.15) is 11.6 Å². The molecule has 0 radical (unpaired) electrons. The molecule has 0 heterocycles. The maximum Gasteiger partial charge on any atom is 0.120 e. The molecule has 0 bridgehead atoms. The fourth-order valence-electron chi connectivity index (χ4n) is 1.08. The minimum Gasteiger partial charge on any atom is -0.508 e. The predicted molar refractivity (Wildman–Crippen MR) is 50.6 cm³/mol. The van der Waals surface area contributed by atoms with Crippen LogP contribution in [0.4, 0.5) is 0 Å². The van der Waals surface area contributed by atoms with Gasteiger partial charge in [-0.25, -0.2) is 0 Å². The summed E-state index contributed by atoms with van der Waals surface area (Å²) < 4.78 is 5.00. The van der Waals surface area contributed by atoms with Crippen LogP contribution in [-0.2, 0) is 0 Å². The Morgan fingerprint density at radius 1 is 1.54 bits per heavy atom. The molecule has 0 aromatic heterocycles. The summed E-state index contributed by atoms with van der Waals surface area (Å²) in [7, 11) is 1.56. The van der Waals surface area contributed by atoms with Crippen molar-refractivity contribution < 1.29 is 9.84 Å². The third-order valence-corrected chi connectivity index (χ3v) is 1.89. The highest BCUT2D eigenvalue weighted by Gasteiger charge is 2.09. The molecule has 1 aromatic carbocycles. The molecule has 4 nitrogen and oxygen atoms in total. The Morgan fingerprint density at radius 3 is 2.77 bits per heavy atom. The summed E-state index contributed by atoms with van der Waals surface area (Å²) in [6.07, 6.45) is 0. The van der Waals surface area contributed by atoms with E-state index in [2.05, 4.69) is 0 Å². The molecular formula is C9H14N2O2. The molecule has 0 aliphatic heterocycles. The number of aromatic hydroxyl groups is 1. The largest absolute Gasteiger partial charge is 0.508 e. The smallest absolute Gasteiger partial charge is 0.120 e. The van der Waals surface area contributed by atoms with Crippen LogP contribution in [0.5, 0.6) is 11.5 Å². The molecule has 13 heavy (non-hydrogen) atoms. The molecule has 0 saturated heterocycles. The first kappa shape index (κ1) is 9.83. The van der Waals surface area contributed by atoms with Crippen molar-refractivity contribution in [3.05, 3.63) is 23.8 Å². The van der Waals surface area contributed by atoms with Crippen molar-refractivity contribution >= 4 is 0 Å². The third kappa shape index (κ3) is 2.11. The number of benzene rings is 1. The van der Waals surface area contributed by atoms with Crippen molar-refractivity contribution in [2.75, 3.05) is 13.7 Å². The second-order valence-electron chi connectivity index (χ2n) is 2.77. The SMILES string of the molecule is COc1ccc(O)c([C@@H](N)CN)c1. The molecule has 0 aliphatic rings. The van der Waals surface area contributed by atoms with Gasteiger partial charge < -0.3 is 21.3 Å². The number of hydrogen-bond donors (Lipinski definition) is 3. The van der Waals surface area contributed by atoms with E-state index in [-0.39, 0.29) is 11.8 Å². The molecule has 0 aliphatic carbocycles. The van der Waals surface area contributed by atoms with Crippen LogP contribution in [0.3, 0.4) is 0 Å². The van der Waals surface area contributed by atoms with Crippen molar-refractivity contribution in [3.8, 4) is 11.5 Å². The summed E-state index contributed by atoms with van der Waals surface area (Å²) in [5.41, 5.74) is 11.7. The number of hydrogen-bond acceptors (Lipinski definition) is 4. The summed E-state index contributed by atoms with van der Waals surface area (Å²) in [4.78, 5) is 0. The lowest BCUT2D eigenvalue weighted by molar-refractivity contribution is 0.409. The molecule has 0 amide bonds. The fraction of sp³-hybridized carbons (Fsp3) is 0.333. The summed E-state index contributed by atoms with van der Waals surface area (Å²) in [5.74, 6) is 0.815. The van der Waals surface area contributed by atoms with Gasteiger partial charge in [-0.15, -0.1) is 0 Å². The Kier molecular flexibility index (Phi) is 3.11. The van der Waals surface area contributed by atoms with Crippen LogP contribution in [0, 0.1) is 0 Å². The monoisotopic (exact) mass is 182 g/mol. The maximum atomic E-state index is 9.44. The predicted octanol–water partition coefficient (Wildman–Crippen LogP) is 0.359. The molecule has 4 heteroatoms. The quantitative estimate of drug-likeness (QED) is 0.630. The Bertz CT molecular complexity index is 289. The average molecular weight is 182 g/mol. The summed E-state index contributed by atoms with van der Waals surface area (Å²) >= 11 is 0. The molecule has 0 unspecified atom stereocenters. The zero-order chi connectivity index (χ0) is 9.84. The van der Waals surface area contributed by atoms with Gasteiger partial charge in [0.2, 0.25) is 0 Å². The van der Waals surface area contributed by atoms with E-state index in [9.17, 15) is 5.11 Å². The molecule has 1 rings (SSSR count). The van der Waals surface area contributed by atoms with E-state index >= 15 is 0 Å². The molecule has 0 fully saturated rings. The second-order valence-corrected chi connectivity index (χ2v) is 2.77. The lowest BCUT2D eigenvalue weighted by Gasteiger charge is -2.12. The highest BCUT2D eigenvalue weighted by atomic mass is 16.5. The Labute approximate surface area is 77.1 Å². The van der Waals surface area contributed by atoms with E-state index in [4.69, 9.17) is 16.2 Å². The van der Waals surface area contributed by atoms with E-state index in [1.54, 1.807) is 25.3 Å². The summed E-state index contributed by atoms with van der Waals surface area (Å²) in [6, 6.07) is 4.55. The maximum absolute atomic E-state index is 9.44. The van der Waals surface area contributed by atoms with E-state index < -0.39 is 0 Å². The van der Waals surface area contributed by atoms with Gasteiger partial charge in [0.15, 0.2) is 0 Å². The van der Waals surface area contributed by atoms with Gasteiger partial charge >= 0.3 is 0 Å². The summed E-state index contributed by atoms with van der Waals surface area (Å²) in [6.45, 7) is 0.292. The van der Waals surface area contributed by atoms with Gasteiger partial charge in [0.25, 0.3) is 0 Å². The van der Waals surface area contributed by atoms with Crippen LogP contribution in [0.15, 0.2) is 18.2 Å². The molecule has 1 aromatic rings. The first-order chi connectivity index (χ1) is 6.19. The van der Waals surface area contributed by atoms with Crippen molar-refractivity contribution in [2.45, 2.75) is 6.04 Å². The van der Waals surface area contributed by atoms with E-state index in [0.29, 0.717) is 17.9 Å². The van der Waals surface area contributed by atoms with E-state index in [1.165, 1.54) is 0 Å². The Hall–Kier alpha value is -1.26. The zero-order valence-corrected chi connectivity index (χ0v) is 7.53. The van der Waals surface area contributed by atoms with Crippen LogP contribution >= 0.6 is 0 Å². The van der Waals surface area contributed by atoms with Gasteiger partial charge in [-0.1, -0.05) is 0 Å². The molecule has 0 spiro atoms. The van der Waals surface area contributed by atoms with Gasteiger partial charge in [-0.05, 0) is 18.2 Å². The topological polar surface area (TPSA) is 81.5 Å². The lowest BCUT2D eigenvalue weighted by atomic mass is 10.1. The van der Waals surface area contributed by atoms with Gasteiger partial charge in [-0.2, -0.15) is 0 Å². The molecule has 5 N–H and O–H groups in total. The summed E-state index contributed by atoms with van der Waals surface area (Å²) in [5, 5.41) is 9.44. The second kappa shape index (κ2) is 4.11. The van der Waals surface area contributed by atoms with Crippen LogP contribution in [-0.4, -0.2) is 18.8 Å². The number of ether oxygens (including phenoxy) is 1. The van der Waals surface area contributed by atoms with Crippen LogP contribution in [0.25, 0.3) is 0 Å². The Balaban J connectivity index is 3.03. The van der Waals surface area contributed by atoms with Crippen molar-refractivity contribution in [1.82, 2.24) is 0 Å². The van der Waals surface area contributed by atoms with E-state index in [0.717, 1.165) is 0 Å². The minimum absolute atomic E-state index is 0.152. The first-order valence-corrected chi connectivity index (χ1v) is 4.01. The number of rotatable bonds is 3. The average Bonchev–Trinajstić information content (AvgIpc) is 2.17. The Morgan fingerprint density at radius 2 is 2.23 bits per heavy atom. The van der Waals surface area contributed by atoms with Gasteiger partial charge in [0.1, 0.15) is 11.5 Å². The number of methoxy groups -OCH3 is 1. The highest BCUT2D eigenvalue weighted by Crippen LogP contribution is 2.26. The molecular weight excluding hydrogens is 168 g/mol. The normalized spacial score (nSPS) is 12.5. The molecule has 72 valence electrons. The van der Waals surface area contributed by atoms with Crippen molar-refractivity contribution in [1.29, 1.82) is 0 Å². The minimum atomic E-state index is -0.352. The molecule has 1 atom stereocenters. The fourth-order valence-corrected chi connectivity index (χ4v) is 1.08. The molecule has 0 saturated carbocycles. The number of phenols is 1. The zero-order valence-electron chi connectivity index (χ0n) is 7.53. The van der Waals surface area contributed by atoms with E-state index in [1.807, 2.05) is 0 Å². The third-order valence-electron chi connectivity index (χ3n) is 1.89. The van der Waals surface area contributed by atoms with Gasteiger partial charge in [-0.3, -0.25) is 0 Å². The standard InChI is InChI=1S/C9H14N2O2/c1-13-6-2-3-9(12)7(4-6)8(11)5-10/h2-4,8,12H,5,10-11H2,1H3/t8-/m0/s1. The van der Waals surface area contributed by atoms with Crippen LogP contribution < -0.4 is 16.2 Å². The highest BCUT2D eigenvalue weighted by molar-refractivity contribution is 5.41. The van der Waals surface area contributed by atoms with Crippen LogP contribution in [0.2, 0.25) is 0 Å². The lowest BCUT2D eigenvalue weighted by Crippen LogP contribution is -2.20. The number of nitrogens with two attached hydrogens (primary N) is 2. The number of phenolic OH excluding ortho intramolecular Hbond substituents is 1. The van der Waals surface area contributed by atoms with Crippen molar-refractivity contribution in [2.24, 2.45) is 11.5 Å². The van der Waals surface area contributed by atoms with Gasteiger partial charge in [0.05, 0.1) is 7.11 Å². The van der Waals surface area contributed by atoms with Crippen molar-refractivity contribution in [3.63, 3.8) is 0 Å². The van der Waals surface area contributed by atoms with Gasteiger partial charge in [0, 0.05) is 18.2 Å². The first-order valence-electron chi connectivity index (χ1n) is 4.01.